The predicted molar refractivity (Wildman–Crippen MR) is 82.4 cm³/mol. The Morgan fingerprint density at radius 1 is 1.30 bits per heavy atom. The van der Waals surface area contributed by atoms with Crippen molar-refractivity contribution >= 4 is 5.91 Å². The van der Waals surface area contributed by atoms with Gasteiger partial charge in [-0.2, -0.15) is 0 Å². The Labute approximate surface area is 123 Å². The second kappa shape index (κ2) is 7.41. The van der Waals surface area contributed by atoms with Crippen LogP contribution in [0.1, 0.15) is 44.9 Å². The monoisotopic (exact) mass is 281 g/mol. The lowest BCUT2D eigenvalue weighted by Crippen LogP contribution is -2.43. The van der Waals surface area contributed by atoms with E-state index in [0.717, 1.165) is 32.4 Å². The maximum atomic E-state index is 12.6. The maximum Gasteiger partial charge on any atom is 0.225 e. The molecule has 20 heavy (non-hydrogen) atoms. The Balaban J connectivity index is 1.83. The highest BCUT2D eigenvalue weighted by atomic mass is 16.2. The summed E-state index contributed by atoms with van der Waals surface area (Å²) in [7, 11) is 4.16. The standard InChI is InChI=1S/C16H31N3O/c1-18-10-4-7-15(18)12-19(2)16(20)14-6-3-5-13(11-14)8-9-17/h13-15H,3-12,17H2,1-2H3. The van der Waals surface area contributed by atoms with E-state index in [-0.39, 0.29) is 5.92 Å². The van der Waals surface area contributed by atoms with E-state index in [0.29, 0.717) is 17.9 Å². The van der Waals surface area contributed by atoms with Crippen molar-refractivity contribution in [2.75, 3.05) is 33.7 Å². The fourth-order valence-electron chi connectivity index (χ4n) is 3.94. The van der Waals surface area contributed by atoms with E-state index < -0.39 is 0 Å². The molecular weight excluding hydrogens is 250 g/mol. The molecule has 1 saturated heterocycles. The van der Waals surface area contributed by atoms with Crippen molar-refractivity contribution in [1.29, 1.82) is 0 Å². The Morgan fingerprint density at radius 2 is 2.10 bits per heavy atom. The van der Waals surface area contributed by atoms with Crippen LogP contribution < -0.4 is 5.73 Å². The lowest BCUT2D eigenvalue weighted by Gasteiger charge is -2.33. The quantitative estimate of drug-likeness (QED) is 0.834. The van der Waals surface area contributed by atoms with Crippen LogP contribution in [0.15, 0.2) is 0 Å². The van der Waals surface area contributed by atoms with E-state index in [1.54, 1.807) is 0 Å². The number of rotatable bonds is 5. The number of nitrogens with two attached hydrogens (primary N) is 1. The minimum Gasteiger partial charge on any atom is -0.344 e. The molecule has 0 bridgehead atoms. The van der Waals surface area contributed by atoms with Gasteiger partial charge in [0.1, 0.15) is 0 Å². The molecule has 1 amide bonds. The molecule has 1 heterocycles. The van der Waals surface area contributed by atoms with E-state index in [4.69, 9.17) is 5.73 Å². The molecule has 116 valence electrons. The number of hydrogen-bond acceptors (Lipinski definition) is 3. The first-order chi connectivity index (χ1) is 9.61. The zero-order chi connectivity index (χ0) is 14.5. The third kappa shape index (κ3) is 3.95. The summed E-state index contributed by atoms with van der Waals surface area (Å²) in [6, 6.07) is 0.562. The lowest BCUT2D eigenvalue weighted by molar-refractivity contribution is -0.136. The molecule has 2 fully saturated rings. The van der Waals surface area contributed by atoms with Gasteiger partial charge in [0, 0.05) is 25.6 Å². The first-order valence-corrected chi connectivity index (χ1v) is 8.27. The highest BCUT2D eigenvalue weighted by Gasteiger charge is 2.30. The van der Waals surface area contributed by atoms with E-state index in [9.17, 15) is 4.79 Å². The number of amides is 1. The molecule has 3 unspecified atom stereocenters. The summed E-state index contributed by atoms with van der Waals surface area (Å²) in [5, 5.41) is 0. The van der Waals surface area contributed by atoms with Gasteiger partial charge in [0.05, 0.1) is 0 Å². The van der Waals surface area contributed by atoms with Crippen LogP contribution in [0.2, 0.25) is 0 Å². The smallest absolute Gasteiger partial charge is 0.225 e. The second-order valence-corrected chi connectivity index (χ2v) is 6.80. The van der Waals surface area contributed by atoms with E-state index in [1.807, 2.05) is 11.9 Å². The third-order valence-electron chi connectivity index (χ3n) is 5.24. The highest BCUT2D eigenvalue weighted by molar-refractivity contribution is 5.78. The average molecular weight is 281 g/mol. The van der Waals surface area contributed by atoms with E-state index in [1.165, 1.54) is 32.2 Å². The van der Waals surface area contributed by atoms with Crippen LogP contribution in [0.25, 0.3) is 0 Å². The Hall–Kier alpha value is -0.610. The van der Waals surface area contributed by atoms with Gasteiger partial charge in [-0.25, -0.2) is 0 Å². The van der Waals surface area contributed by atoms with Crippen LogP contribution in [0.5, 0.6) is 0 Å². The molecule has 0 aromatic carbocycles. The number of hydrogen-bond donors (Lipinski definition) is 1. The molecule has 0 aromatic heterocycles. The average Bonchev–Trinajstić information content (AvgIpc) is 2.84. The van der Waals surface area contributed by atoms with Crippen molar-refractivity contribution in [3.8, 4) is 0 Å². The van der Waals surface area contributed by atoms with Crippen molar-refractivity contribution in [3.63, 3.8) is 0 Å². The van der Waals surface area contributed by atoms with Gasteiger partial charge in [-0.1, -0.05) is 12.8 Å². The molecule has 0 spiro atoms. The van der Waals surface area contributed by atoms with Crippen molar-refractivity contribution < 1.29 is 4.79 Å². The maximum absolute atomic E-state index is 12.6. The summed E-state index contributed by atoms with van der Waals surface area (Å²) in [6.07, 6.45) is 8.17. The molecule has 2 aliphatic rings. The summed E-state index contributed by atoms with van der Waals surface area (Å²) in [6.45, 7) is 2.83. The van der Waals surface area contributed by atoms with Crippen LogP contribution >= 0.6 is 0 Å². The Morgan fingerprint density at radius 3 is 2.75 bits per heavy atom. The van der Waals surface area contributed by atoms with Gasteiger partial charge >= 0.3 is 0 Å². The Bertz CT molecular complexity index is 319. The molecule has 4 heteroatoms. The first-order valence-electron chi connectivity index (χ1n) is 8.27. The minimum absolute atomic E-state index is 0.247. The van der Waals surface area contributed by atoms with Crippen LogP contribution in [0, 0.1) is 11.8 Å². The summed E-state index contributed by atoms with van der Waals surface area (Å²) in [4.78, 5) is 17.0. The van der Waals surface area contributed by atoms with Crippen LogP contribution in [-0.4, -0.2) is 55.5 Å². The van der Waals surface area contributed by atoms with Crippen LogP contribution in [0.3, 0.4) is 0 Å². The second-order valence-electron chi connectivity index (χ2n) is 6.80. The van der Waals surface area contributed by atoms with Gasteiger partial charge in [0.15, 0.2) is 0 Å². The molecule has 0 aromatic rings. The van der Waals surface area contributed by atoms with Crippen molar-refractivity contribution in [2.24, 2.45) is 17.6 Å². The predicted octanol–water partition coefficient (Wildman–Crippen LogP) is 1.69. The highest BCUT2D eigenvalue weighted by Crippen LogP contribution is 2.32. The van der Waals surface area contributed by atoms with Gasteiger partial charge in [-0.05, 0) is 58.2 Å². The topological polar surface area (TPSA) is 49.6 Å². The van der Waals surface area contributed by atoms with E-state index in [2.05, 4.69) is 11.9 Å². The fraction of sp³-hybridized carbons (Fsp3) is 0.938. The van der Waals surface area contributed by atoms with Crippen molar-refractivity contribution in [1.82, 2.24) is 9.80 Å². The summed E-state index contributed by atoms with van der Waals surface area (Å²) in [5.74, 6) is 1.29. The zero-order valence-corrected chi connectivity index (χ0v) is 13.2. The van der Waals surface area contributed by atoms with Gasteiger partial charge in [0.2, 0.25) is 5.91 Å². The number of nitrogens with zero attached hydrogens (tertiary/aromatic N) is 2. The summed E-state index contributed by atoms with van der Waals surface area (Å²) < 4.78 is 0. The molecule has 4 nitrogen and oxygen atoms in total. The summed E-state index contributed by atoms with van der Waals surface area (Å²) >= 11 is 0. The first kappa shape index (κ1) is 15.8. The molecule has 1 aliphatic carbocycles. The third-order valence-corrected chi connectivity index (χ3v) is 5.24. The van der Waals surface area contributed by atoms with Gasteiger partial charge in [-0.15, -0.1) is 0 Å². The van der Waals surface area contributed by atoms with Crippen LogP contribution in [-0.2, 0) is 4.79 Å². The number of carbonyl (C=O) groups is 1. The SMILES string of the molecule is CN(CC1CCCN1C)C(=O)C1CCCC(CCN)C1. The molecule has 1 aliphatic heterocycles. The van der Waals surface area contributed by atoms with E-state index >= 15 is 0 Å². The number of likely N-dealkylation sites (tertiary alicyclic amines) is 1. The molecule has 0 radical (unpaired) electrons. The molecule has 1 saturated carbocycles. The fourth-order valence-corrected chi connectivity index (χ4v) is 3.94. The van der Waals surface area contributed by atoms with Gasteiger partial charge in [0.25, 0.3) is 0 Å². The largest absolute Gasteiger partial charge is 0.344 e. The summed E-state index contributed by atoms with van der Waals surface area (Å²) in [5.41, 5.74) is 5.66. The number of likely N-dealkylation sites (N-methyl/N-ethyl adjacent to an activating group) is 2. The van der Waals surface area contributed by atoms with Gasteiger partial charge in [-0.3, -0.25) is 4.79 Å². The molecule has 2 rings (SSSR count). The molecule has 3 atom stereocenters. The Kier molecular flexibility index (Phi) is 5.85. The van der Waals surface area contributed by atoms with Crippen molar-refractivity contribution in [2.45, 2.75) is 51.0 Å². The zero-order valence-electron chi connectivity index (χ0n) is 13.2. The van der Waals surface area contributed by atoms with Gasteiger partial charge < -0.3 is 15.5 Å². The normalized spacial score (nSPS) is 31.4. The molecule has 2 N–H and O–H groups in total. The van der Waals surface area contributed by atoms with Crippen LogP contribution in [0.4, 0.5) is 0 Å². The minimum atomic E-state index is 0.247. The molecular formula is C16H31N3O. The van der Waals surface area contributed by atoms with Crippen molar-refractivity contribution in [3.05, 3.63) is 0 Å². The number of carbonyl (C=O) groups excluding carboxylic acids is 1. The lowest BCUT2D eigenvalue weighted by atomic mass is 9.79.